The van der Waals surface area contributed by atoms with Gasteiger partial charge in [0.15, 0.2) is 23.0 Å². The molecule has 0 atom stereocenters. The minimum atomic E-state index is -5.82. The van der Waals surface area contributed by atoms with Crippen molar-refractivity contribution in [3.63, 3.8) is 0 Å². The van der Waals surface area contributed by atoms with Crippen molar-refractivity contribution < 1.29 is 48.3 Å². The van der Waals surface area contributed by atoms with E-state index in [1.165, 1.54) is 0 Å². The number of hydrogen-bond acceptors (Lipinski definition) is 1. The summed E-state index contributed by atoms with van der Waals surface area (Å²) in [6.45, 7) is 0. The molecule has 0 amide bonds. The van der Waals surface area contributed by atoms with Gasteiger partial charge >= 0.3 is 18.5 Å². The Hall–Kier alpha value is -1.62. The van der Waals surface area contributed by atoms with Gasteiger partial charge in [0.1, 0.15) is 0 Å². The van der Waals surface area contributed by atoms with Crippen molar-refractivity contribution in [3.8, 4) is 0 Å². The summed E-state index contributed by atoms with van der Waals surface area (Å²) in [5.74, 6) is -5.81. The molecular formula is C9H2F11N. The maximum atomic E-state index is 13.2. The molecule has 0 unspecified atom stereocenters. The molecule has 12 heteroatoms. The molecule has 0 N–H and O–H groups in total. The first-order valence-electron chi connectivity index (χ1n) is 4.73. The van der Waals surface area contributed by atoms with Crippen LogP contribution >= 0.6 is 0 Å². The molecule has 1 rings (SSSR count). The molecule has 0 spiro atoms. The van der Waals surface area contributed by atoms with Gasteiger partial charge in [0.05, 0.1) is 6.42 Å². The number of pyridine rings is 1. The zero-order valence-electron chi connectivity index (χ0n) is 9.31. The fourth-order valence-corrected chi connectivity index (χ4v) is 1.35. The first kappa shape index (κ1) is 17.4. The minimum Gasteiger partial charge on any atom is -0.235 e. The van der Waals surface area contributed by atoms with Gasteiger partial charge in [0.2, 0.25) is 0 Å². The largest absolute Gasteiger partial charge is 0.436 e. The topological polar surface area (TPSA) is 12.9 Å². The Labute approximate surface area is 108 Å². The van der Waals surface area contributed by atoms with Crippen LogP contribution in [0.15, 0.2) is 0 Å². The Morgan fingerprint density at radius 1 is 0.667 bits per heavy atom. The number of rotatable bonds is 1. The van der Waals surface area contributed by atoms with E-state index in [0.717, 1.165) is 0 Å². The van der Waals surface area contributed by atoms with Crippen LogP contribution in [0.3, 0.4) is 0 Å². The Kier molecular flexibility index (Phi) is 4.14. The third kappa shape index (κ3) is 3.94. The quantitative estimate of drug-likeness (QED) is 0.690. The fourth-order valence-electron chi connectivity index (χ4n) is 1.35. The standard InChI is InChI=1S/C9H2F11N/c10-3-2(1-7(12,13)14)5(8(15,16)17)21-6(4(3)11)9(18,19)20/h1H2. The van der Waals surface area contributed by atoms with Gasteiger partial charge < -0.3 is 0 Å². The summed E-state index contributed by atoms with van der Waals surface area (Å²) in [5.41, 5.74) is -7.98. The first-order chi connectivity index (χ1) is 9.14. The smallest absolute Gasteiger partial charge is 0.235 e. The average Bonchev–Trinajstić information content (AvgIpc) is 2.19. The molecule has 1 aromatic heterocycles. The molecule has 1 nitrogen and oxygen atoms in total. The van der Waals surface area contributed by atoms with Crippen molar-refractivity contribution in [3.05, 3.63) is 28.6 Å². The monoisotopic (exact) mass is 333 g/mol. The van der Waals surface area contributed by atoms with Crippen molar-refractivity contribution in [2.45, 2.75) is 24.9 Å². The predicted octanol–water partition coefficient (Wildman–Crippen LogP) is 4.50. The molecule has 0 fully saturated rings. The lowest BCUT2D eigenvalue weighted by Crippen LogP contribution is -2.25. The van der Waals surface area contributed by atoms with Crippen LogP contribution in [0.25, 0.3) is 0 Å². The third-order valence-corrected chi connectivity index (χ3v) is 2.09. The molecule has 120 valence electrons. The lowest BCUT2D eigenvalue weighted by Gasteiger charge is -2.17. The predicted molar refractivity (Wildman–Crippen MR) is 43.9 cm³/mol. The van der Waals surface area contributed by atoms with Crippen molar-refractivity contribution in [2.75, 3.05) is 0 Å². The van der Waals surface area contributed by atoms with Crippen LogP contribution in [-0.4, -0.2) is 11.2 Å². The number of alkyl halides is 9. The molecule has 21 heavy (non-hydrogen) atoms. The van der Waals surface area contributed by atoms with Crippen LogP contribution in [0.5, 0.6) is 0 Å². The number of hydrogen-bond donors (Lipinski definition) is 0. The third-order valence-electron chi connectivity index (χ3n) is 2.09. The number of nitrogens with zero attached hydrogens (tertiary/aromatic N) is 1. The van der Waals surface area contributed by atoms with Crippen molar-refractivity contribution in [2.24, 2.45) is 0 Å². The molecule has 0 radical (unpaired) electrons. The highest BCUT2D eigenvalue weighted by atomic mass is 19.4. The molecule has 0 aliphatic heterocycles. The van der Waals surface area contributed by atoms with Crippen LogP contribution in [0.1, 0.15) is 17.0 Å². The average molecular weight is 333 g/mol. The highest BCUT2D eigenvalue weighted by molar-refractivity contribution is 5.30. The zero-order valence-corrected chi connectivity index (χ0v) is 9.31. The Balaban J connectivity index is 3.69. The highest BCUT2D eigenvalue weighted by Crippen LogP contribution is 2.39. The lowest BCUT2D eigenvalue weighted by molar-refractivity contribution is -0.154. The van der Waals surface area contributed by atoms with Gasteiger partial charge in [0, 0.05) is 5.56 Å². The molecular weight excluding hydrogens is 331 g/mol. The normalized spacial score (nSPS) is 13.7. The minimum absolute atomic E-state index is 1.79. The van der Waals surface area contributed by atoms with Crippen LogP contribution in [0.2, 0.25) is 0 Å². The maximum Gasteiger partial charge on any atom is 0.436 e. The molecule has 1 aromatic rings. The van der Waals surface area contributed by atoms with Crippen LogP contribution in [0, 0.1) is 11.6 Å². The van der Waals surface area contributed by atoms with Gasteiger partial charge in [0.25, 0.3) is 0 Å². The summed E-state index contributed by atoms with van der Waals surface area (Å²) >= 11 is 0. The fraction of sp³-hybridized carbons (Fsp3) is 0.444. The first-order valence-corrected chi connectivity index (χ1v) is 4.73. The second-order valence-electron chi connectivity index (χ2n) is 3.70. The summed E-state index contributed by atoms with van der Waals surface area (Å²) in [4.78, 5) is 1.79. The van der Waals surface area contributed by atoms with E-state index in [4.69, 9.17) is 0 Å². The number of aromatic nitrogens is 1. The zero-order chi connectivity index (χ0) is 16.8. The van der Waals surface area contributed by atoms with E-state index in [1.54, 1.807) is 4.98 Å². The molecule has 0 aromatic carbocycles. The summed E-state index contributed by atoms with van der Waals surface area (Å²) < 4.78 is 136. The van der Waals surface area contributed by atoms with E-state index in [9.17, 15) is 48.3 Å². The van der Waals surface area contributed by atoms with Crippen LogP contribution in [-0.2, 0) is 18.8 Å². The van der Waals surface area contributed by atoms with Crippen LogP contribution in [0.4, 0.5) is 48.3 Å². The molecule has 1 heterocycles. The summed E-state index contributed by atoms with van der Waals surface area (Å²) in [6, 6.07) is 0. The second-order valence-corrected chi connectivity index (χ2v) is 3.70. The van der Waals surface area contributed by atoms with E-state index >= 15 is 0 Å². The van der Waals surface area contributed by atoms with Crippen molar-refractivity contribution in [1.82, 2.24) is 4.98 Å². The molecule has 0 bridgehead atoms. The van der Waals surface area contributed by atoms with Gasteiger partial charge in [-0.15, -0.1) is 0 Å². The SMILES string of the molecule is Fc1c(C(F)(F)F)nc(C(F)(F)F)c(CC(F)(F)F)c1F. The Bertz CT molecular complexity index is 537. The van der Waals surface area contributed by atoms with E-state index < -0.39 is 53.5 Å². The molecule has 0 aliphatic carbocycles. The van der Waals surface area contributed by atoms with E-state index in [2.05, 4.69) is 0 Å². The maximum absolute atomic E-state index is 13.2. The Morgan fingerprint density at radius 2 is 1.10 bits per heavy atom. The molecule has 0 saturated carbocycles. The van der Waals surface area contributed by atoms with Crippen molar-refractivity contribution in [1.29, 1.82) is 0 Å². The second kappa shape index (κ2) is 4.98. The Morgan fingerprint density at radius 3 is 1.43 bits per heavy atom. The van der Waals surface area contributed by atoms with Crippen LogP contribution < -0.4 is 0 Å². The van der Waals surface area contributed by atoms with Crippen molar-refractivity contribution >= 4 is 0 Å². The lowest BCUT2D eigenvalue weighted by atomic mass is 10.1. The molecule has 0 aliphatic rings. The van der Waals surface area contributed by atoms with Gasteiger partial charge in [-0.1, -0.05) is 0 Å². The van der Waals surface area contributed by atoms with Gasteiger partial charge in [-0.25, -0.2) is 13.8 Å². The van der Waals surface area contributed by atoms with Gasteiger partial charge in [-0.05, 0) is 0 Å². The van der Waals surface area contributed by atoms with Gasteiger partial charge in [-0.3, -0.25) is 0 Å². The van der Waals surface area contributed by atoms with E-state index in [0.29, 0.717) is 0 Å². The number of halogens is 11. The summed E-state index contributed by atoms with van der Waals surface area (Å²) in [6.07, 6.45) is -19.7. The highest BCUT2D eigenvalue weighted by Gasteiger charge is 2.46. The van der Waals surface area contributed by atoms with E-state index in [-0.39, 0.29) is 0 Å². The molecule has 0 saturated heterocycles. The summed E-state index contributed by atoms with van der Waals surface area (Å²) in [7, 11) is 0. The van der Waals surface area contributed by atoms with Gasteiger partial charge in [-0.2, -0.15) is 39.5 Å². The van der Waals surface area contributed by atoms with E-state index in [1.807, 2.05) is 0 Å². The summed E-state index contributed by atoms with van der Waals surface area (Å²) in [5, 5.41) is 0.